The summed E-state index contributed by atoms with van der Waals surface area (Å²) in [6.45, 7) is 8.97. The van der Waals surface area contributed by atoms with Crippen molar-refractivity contribution in [2.75, 3.05) is 53.4 Å². The average molecular weight is 349 g/mol. The molecule has 2 saturated heterocycles. The molecule has 25 heavy (non-hydrogen) atoms. The summed E-state index contributed by atoms with van der Waals surface area (Å²) < 4.78 is 10.5. The Hall–Kier alpha value is -1.37. The van der Waals surface area contributed by atoms with Crippen molar-refractivity contribution >= 4 is 5.97 Å². The predicted molar refractivity (Wildman–Crippen MR) is 96.7 cm³/mol. The number of likely N-dealkylation sites (tertiary alicyclic amines) is 1. The van der Waals surface area contributed by atoms with Crippen LogP contribution < -0.4 is 0 Å². The van der Waals surface area contributed by atoms with Gasteiger partial charge in [0.15, 0.2) is 0 Å². The highest BCUT2D eigenvalue weighted by Gasteiger charge is 2.29. The zero-order chi connectivity index (χ0) is 17.8. The van der Waals surface area contributed by atoms with Crippen molar-refractivity contribution in [3.8, 4) is 0 Å². The van der Waals surface area contributed by atoms with E-state index in [4.69, 9.17) is 9.15 Å². The minimum absolute atomic E-state index is 0.173. The fourth-order valence-corrected chi connectivity index (χ4v) is 3.95. The van der Waals surface area contributed by atoms with Gasteiger partial charge in [0.2, 0.25) is 5.76 Å². The van der Waals surface area contributed by atoms with Crippen LogP contribution in [0, 0.1) is 0 Å². The number of hydrogen-bond donors (Lipinski definition) is 0. The number of esters is 1. The van der Waals surface area contributed by atoms with Crippen molar-refractivity contribution in [2.45, 2.75) is 38.3 Å². The summed E-state index contributed by atoms with van der Waals surface area (Å²) in [5.74, 6) is 0.721. The van der Waals surface area contributed by atoms with E-state index in [0.717, 1.165) is 45.0 Å². The molecule has 0 N–H and O–H groups in total. The maximum Gasteiger partial charge on any atom is 0.373 e. The number of piperazine rings is 1. The molecule has 2 atom stereocenters. The SMILES string of the molecule is COC(=O)c1ccc([C@H](C)N2CCCC[C@H](N3CCN(C)CC3)C2)o1. The van der Waals surface area contributed by atoms with E-state index in [1.54, 1.807) is 6.07 Å². The van der Waals surface area contributed by atoms with Gasteiger partial charge in [0.1, 0.15) is 5.76 Å². The molecular formula is C19H31N3O3. The van der Waals surface area contributed by atoms with Gasteiger partial charge in [-0.25, -0.2) is 4.79 Å². The molecule has 3 rings (SSSR count). The number of carbonyl (C=O) groups is 1. The van der Waals surface area contributed by atoms with E-state index in [0.29, 0.717) is 6.04 Å². The number of carbonyl (C=O) groups excluding carboxylic acids is 1. The molecule has 6 nitrogen and oxygen atoms in total. The minimum atomic E-state index is -0.412. The molecule has 3 heterocycles. The smallest absolute Gasteiger partial charge is 0.373 e. The van der Waals surface area contributed by atoms with E-state index in [-0.39, 0.29) is 11.8 Å². The number of rotatable bonds is 4. The lowest BCUT2D eigenvalue weighted by Crippen LogP contribution is -2.52. The van der Waals surface area contributed by atoms with Crippen molar-refractivity contribution in [2.24, 2.45) is 0 Å². The first-order valence-electron chi connectivity index (χ1n) is 9.43. The third kappa shape index (κ3) is 4.43. The largest absolute Gasteiger partial charge is 0.463 e. The first kappa shape index (κ1) is 18.4. The zero-order valence-corrected chi connectivity index (χ0v) is 15.7. The van der Waals surface area contributed by atoms with Gasteiger partial charge in [0.05, 0.1) is 13.2 Å². The Balaban J connectivity index is 1.65. The summed E-state index contributed by atoms with van der Waals surface area (Å²) >= 11 is 0. The van der Waals surface area contributed by atoms with Crippen molar-refractivity contribution in [3.05, 3.63) is 23.7 Å². The van der Waals surface area contributed by atoms with Gasteiger partial charge in [-0.2, -0.15) is 0 Å². The van der Waals surface area contributed by atoms with Gasteiger partial charge in [0.25, 0.3) is 0 Å². The van der Waals surface area contributed by atoms with E-state index in [9.17, 15) is 4.79 Å². The van der Waals surface area contributed by atoms with Crippen LogP contribution >= 0.6 is 0 Å². The minimum Gasteiger partial charge on any atom is -0.463 e. The van der Waals surface area contributed by atoms with Gasteiger partial charge < -0.3 is 14.1 Å². The van der Waals surface area contributed by atoms with E-state index >= 15 is 0 Å². The summed E-state index contributed by atoms with van der Waals surface area (Å²) in [6, 6.07) is 4.42. The molecule has 0 saturated carbocycles. The van der Waals surface area contributed by atoms with Crippen LogP contribution in [0.15, 0.2) is 16.5 Å². The summed E-state index contributed by atoms with van der Waals surface area (Å²) in [7, 11) is 3.58. The quantitative estimate of drug-likeness (QED) is 0.777. The highest BCUT2D eigenvalue weighted by Crippen LogP contribution is 2.27. The van der Waals surface area contributed by atoms with Crippen molar-refractivity contribution in [3.63, 3.8) is 0 Å². The van der Waals surface area contributed by atoms with Crippen LogP contribution in [0.5, 0.6) is 0 Å². The lowest BCUT2D eigenvalue weighted by Gasteiger charge is -2.40. The van der Waals surface area contributed by atoms with Crippen molar-refractivity contribution < 1.29 is 13.9 Å². The van der Waals surface area contributed by atoms with Crippen LogP contribution in [0.3, 0.4) is 0 Å². The van der Waals surface area contributed by atoms with Crippen LogP contribution in [0.2, 0.25) is 0 Å². The zero-order valence-electron chi connectivity index (χ0n) is 15.7. The number of ether oxygens (including phenoxy) is 1. The number of methoxy groups -OCH3 is 1. The molecule has 140 valence electrons. The molecule has 0 bridgehead atoms. The maximum atomic E-state index is 11.6. The molecule has 2 aliphatic rings. The van der Waals surface area contributed by atoms with Gasteiger partial charge in [-0.15, -0.1) is 0 Å². The van der Waals surface area contributed by atoms with Crippen molar-refractivity contribution in [1.29, 1.82) is 0 Å². The number of hydrogen-bond acceptors (Lipinski definition) is 6. The van der Waals surface area contributed by atoms with E-state index in [1.807, 2.05) is 6.07 Å². The summed E-state index contributed by atoms with van der Waals surface area (Å²) in [5.41, 5.74) is 0. The Kier molecular flexibility index (Phi) is 6.15. The van der Waals surface area contributed by atoms with Crippen LogP contribution in [-0.4, -0.2) is 80.1 Å². The summed E-state index contributed by atoms with van der Waals surface area (Å²) in [6.07, 6.45) is 3.78. The van der Waals surface area contributed by atoms with E-state index in [1.165, 1.54) is 26.4 Å². The lowest BCUT2D eigenvalue weighted by atomic mass is 10.1. The van der Waals surface area contributed by atoms with Gasteiger partial charge in [-0.3, -0.25) is 9.80 Å². The Labute approximate surface area is 150 Å². The lowest BCUT2D eigenvalue weighted by molar-refractivity contribution is 0.0553. The topological polar surface area (TPSA) is 49.2 Å². The van der Waals surface area contributed by atoms with Gasteiger partial charge >= 0.3 is 5.97 Å². The fourth-order valence-electron chi connectivity index (χ4n) is 3.95. The Bertz CT molecular complexity index is 566. The van der Waals surface area contributed by atoms with Crippen LogP contribution in [-0.2, 0) is 4.74 Å². The Morgan fingerprint density at radius 1 is 1.20 bits per heavy atom. The van der Waals surface area contributed by atoms with Crippen molar-refractivity contribution in [1.82, 2.24) is 14.7 Å². The van der Waals surface area contributed by atoms with Crippen LogP contribution in [0.1, 0.15) is 48.5 Å². The normalized spacial score (nSPS) is 25.5. The Morgan fingerprint density at radius 3 is 2.68 bits per heavy atom. The number of likely N-dealkylation sites (N-methyl/N-ethyl adjacent to an activating group) is 1. The van der Waals surface area contributed by atoms with Crippen LogP contribution in [0.25, 0.3) is 0 Å². The second-order valence-electron chi connectivity index (χ2n) is 7.35. The average Bonchev–Trinajstić information content (AvgIpc) is 2.99. The third-order valence-electron chi connectivity index (χ3n) is 5.71. The monoisotopic (exact) mass is 349 g/mol. The molecule has 1 aromatic rings. The standard InChI is InChI=1S/C19H31N3O3/c1-15(17-7-8-18(25-17)19(23)24-3)22-9-5-4-6-16(14-22)21-12-10-20(2)11-13-21/h7-8,15-16H,4-6,9-14H2,1-3H3/t15-,16-/m0/s1. The molecule has 0 amide bonds. The molecule has 0 radical (unpaired) electrons. The molecule has 0 unspecified atom stereocenters. The second-order valence-corrected chi connectivity index (χ2v) is 7.35. The summed E-state index contributed by atoms with van der Waals surface area (Å²) in [4.78, 5) is 19.2. The fraction of sp³-hybridized carbons (Fsp3) is 0.737. The highest BCUT2D eigenvalue weighted by atomic mass is 16.5. The Morgan fingerprint density at radius 2 is 1.96 bits per heavy atom. The first-order chi connectivity index (χ1) is 12.1. The summed E-state index contributed by atoms with van der Waals surface area (Å²) in [5, 5.41) is 0. The van der Waals surface area contributed by atoms with Gasteiger partial charge in [-0.05, 0) is 45.5 Å². The highest BCUT2D eigenvalue weighted by molar-refractivity contribution is 5.86. The molecular weight excluding hydrogens is 318 g/mol. The van der Waals surface area contributed by atoms with Crippen LogP contribution in [0.4, 0.5) is 0 Å². The molecule has 0 aromatic carbocycles. The number of furan rings is 1. The number of nitrogens with zero attached hydrogens (tertiary/aromatic N) is 3. The molecule has 2 fully saturated rings. The molecule has 6 heteroatoms. The van der Waals surface area contributed by atoms with E-state index in [2.05, 4.69) is 28.7 Å². The molecule has 1 aromatic heterocycles. The maximum absolute atomic E-state index is 11.6. The molecule has 2 aliphatic heterocycles. The molecule has 0 spiro atoms. The van der Waals surface area contributed by atoms with Gasteiger partial charge in [0, 0.05) is 38.8 Å². The second kappa shape index (κ2) is 8.34. The molecule has 0 aliphatic carbocycles. The predicted octanol–water partition coefficient (Wildman–Crippen LogP) is 2.23. The van der Waals surface area contributed by atoms with E-state index < -0.39 is 5.97 Å². The first-order valence-corrected chi connectivity index (χ1v) is 9.43. The third-order valence-corrected chi connectivity index (χ3v) is 5.71. The van der Waals surface area contributed by atoms with Gasteiger partial charge in [-0.1, -0.05) is 6.42 Å².